The third-order valence-corrected chi connectivity index (χ3v) is 4.31. The maximum absolute atomic E-state index is 5.86. The van der Waals surface area contributed by atoms with E-state index in [2.05, 4.69) is 53.3 Å². The lowest BCUT2D eigenvalue weighted by Gasteiger charge is -2.28. The van der Waals surface area contributed by atoms with Crippen LogP contribution in [0.15, 0.2) is 22.7 Å². The number of benzene rings is 1. The summed E-state index contributed by atoms with van der Waals surface area (Å²) in [5.41, 5.74) is 1.26. The van der Waals surface area contributed by atoms with Crippen LogP contribution in [0.1, 0.15) is 38.3 Å². The van der Waals surface area contributed by atoms with Gasteiger partial charge in [-0.2, -0.15) is 0 Å². The lowest BCUT2D eigenvalue weighted by molar-refractivity contribution is 0.139. The van der Waals surface area contributed by atoms with E-state index in [1.54, 1.807) is 7.11 Å². The molecule has 1 heterocycles. The molecular formula is C16H24BrNO2. The van der Waals surface area contributed by atoms with Crippen LogP contribution in [0.3, 0.4) is 0 Å². The van der Waals surface area contributed by atoms with Gasteiger partial charge in [0.25, 0.3) is 0 Å². The Kier molecular flexibility index (Phi) is 5.87. The highest BCUT2D eigenvalue weighted by molar-refractivity contribution is 9.10. The number of ether oxygens (including phenoxy) is 2. The van der Waals surface area contributed by atoms with Crippen molar-refractivity contribution in [3.63, 3.8) is 0 Å². The topological polar surface area (TPSA) is 30.5 Å². The summed E-state index contributed by atoms with van der Waals surface area (Å²) in [4.78, 5) is 0. The zero-order valence-corrected chi connectivity index (χ0v) is 14.1. The summed E-state index contributed by atoms with van der Waals surface area (Å²) in [6, 6.07) is 7.01. The molecule has 4 heteroatoms. The van der Waals surface area contributed by atoms with Crippen LogP contribution in [0, 0.1) is 5.92 Å². The smallest absolute Gasteiger partial charge is 0.125 e. The predicted molar refractivity (Wildman–Crippen MR) is 85.2 cm³/mol. The number of rotatable bonds is 5. The fourth-order valence-electron chi connectivity index (χ4n) is 2.59. The van der Waals surface area contributed by atoms with Crippen molar-refractivity contribution in [3.05, 3.63) is 28.2 Å². The highest BCUT2D eigenvalue weighted by Crippen LogP contribution is 2.34. The van der Waals surface area contributed by atoms with Crippen molar-refractivity contribution in [3.8, 4) is 5.75 Å². The van der Waals surface area contributed by atoms with Crippen molar-refractivity contribution < 1.29 is 9.47 Å². The van der Waals surface area contributed by atoms with Crippen molar-refractivity contribution in [2.24, 2.45) is 5.92 Å². The molecular weight excluding hydrogens is 318 g/mol. The average molecular weight is 342 g/mol. The van der Waals surface area contributed by atoms with Crippen molar-refractivity contribution >= 4 is 15.9 Å². The minimum absolute atomic E-state index is 0.336. The molecule has 0 radical (unpaired) electrons. The minimum atomic E-state index is 0.336. The van der Waals surface area contributed by atoms with Crippen LogP contribution in [0.5, 0.6) is 5.75 Å². The lowest BCUT2D eigenvalue weighted by atomic mass is 9.98. The predicted octanol–water partition coefficient (Wildman–Crippen LogP) is 3.92. The van der Waals surface area contributed by atoms with Gasteiger partial charge in [0.05, 0.1) is 13.2 Å². The molecule has 3 nitrogen and oxygen atoms in total. The van der Waals surface area contributed by atoms with Gasteiger partial charge in [-0.3, -0.25) is 0 Å². The highest BCUT2D eigenvalue weighted by atomic mass is 79.9. The molecule has 112 valence electrons. The van der Waals surface area contributed by atoms with E-state index in [0.29, 0.717) is 18.0 Å². The third kappa shape index (κ3) is 3.96. The van der Waals surface area contributed by atoms with Crippen LogP contribution in [-0.4, -0.2) is 26.4 Å². The van der Waals surface area contributed by atoms with Gasteiger partial charge >= 0.3 is 0 Å². The normalized spacial score (nSPS) is 20.1. The molecule has 0 fully saturated rings. The van der Waals surface area contributed by atoms with Crippen LogP contribution in [0.25, 0.3) is 0 Å². The van der Waals surface area contributed by atoms with E-state index >= 15 is 0 Å². The summed E-state index contributed by atoms with van der Waals surface area (Å²) in [7, 11) is 1.76. The summed E-state index contributed by atoms with van der Waals surface area (Å²) in [5.74, 6) is 1.53. The second-order valence-electron chi connectivity index (χ2n) is 5.70. The van der Waals surface area contributed by atoms with E-state index in [1.807, 2.05) is 0 Å². The molecule has 2 atom stereocenters. The Morgan fingerprint density at radius 1 is 1.45 bits per heavy atom. The van der Waals surface area contributed by atoms with Crippen LogP contribution in [0.4, 0.5) is 0 Å². The van der Waals surface area contributed by atoms with Crippen LogP contribution in [0.2, 0.25) is 0 Å². The van der Waals surface area contributed by atoms with Gasteiger partial charge in [0, 0.05) is 29.2 Å². The van der Waals surface area contributed by atoms with Crippen LogP contribution in [-0.2, 0) is 4.74 Å². The van der Waals surface area contributed by atoms with Crippen molar-refractivity contribution in [1.29, 1.82) is 0 Å². The molecule has 0 aromatic heterocycles. The summed E-state index contributed by atoms with van der Waals surface area (Å²) in [6.07, 6.45) is 2.17. The highest BCUT2D eigenvalue weighted by Gasteiger charge is 2.24. The van der Waals surface area contributed by atoms with Gasteiger partial charge in [-0.05, 0) is 30.9 Å². The van der Waals surface area contributed by atoms with E-state index in [1.165, 1.54) is 5.56 Å². The van der Waals surface area contributed by atoms with Gasteiger partial charge in [-0.25, -0.2) is 0 Å². The first kappa shape index (κ1) is 15.8. The standard InChI is InChI=1S/C16H24BrNO2/c1-11(2)15(10-19-3)18-14-5-4-8-20-16-9-12(17)6-7-13(14)16/h6-7,9,11,14-15,18H,4-5,8,10H2,1-3H3. The van der Waals surface area contributed by atoms with E-state index in [4.69, 9.17) is 9.47 Å². The SMILES string of the molecule is COCC(NC1CCCOc2cc(Br)ccc21)C(C)C. The summed E-state index contributed by atoms with van der Waals surface area (Å²) < 4.78 is 12.3. The van der Waals surface area contributed by atoms with E-state index in [-0.39, 0.29) is 0 Å². The van der Waals surface area contributed by atoms with Gasteiger partial charge in [0.15, 0.2) is 0 Å². The first-order chi connectivity index (χ1) is 9.61. The molecule has 2 unspecified atom stereocenters. The second-order valence-corrected chi connectivity index (χ2v) is 6.61. The van der Waals surface area contributed by atoms with Crippen molar-refractivity contribution in [2.75, 3.05) is 20.3 Å². The quantitative estimate of drug-likeness (QED) is 0.880. The molecule has 1 N–H and O–H groups in total. The number of hydrogen-bond acceptors (Lipinski definition) is 3. The number of methoxy groups -OCH3 is 1. The first-order valence-corrected chi connectivity index (χ1v) is 8.08. The molecule has 0 saturated heterocycles. The molecule has 1 aromatic carbocycles. The number of nitrogens with one attached hydrogen (secondary N) is 1. The second kappa shape index (κ2) is 7.43. The monoisotopic (exact) mass is 341 g/mol. The maximum atomic E-state index is 5.86. The molecule has 20 heavy (non-hydrogen) atoms. The Labute approximate surface area is 130 Å². The minimum Gasteiger partial charge on any atom is -0.493 e. The van der Waals surface area contributed by atoms with Gasteiger partial charge in [0.1, 0.15) is 5.75 Å². The summed E-state index contributed by atoms with van der Waals surface area (Å²) in [6.45, 7) is 5.98. The van der Waals surface area contributed by atoms with Crippen LogP contribution < -0.4 is 10.1 Å². The Hall–Kier alpha value is -0.580. The maximum Gasteiger partial charge on any atom is 0.125 e. The van der Waals surface area contributed by atoms with Gasteiger partial charge < -0.3 is 14.8 Å². The Balaban J connectivity index is 2.19. The zero-order chi connectivity index (χ0) is 14.5. The Morgan fingerprint density at radius 2 is 2.25 bits per heavy atom. The molecule has 2 rings (SSSR count). The largest absolute Gasteiger partial charge is 0.493 e. The van der Waals surface area contributed by atoms with E-state index < -0.39 is 0 Å². The number of fused-ring (bicyclic) bond motifs is 1. The van der Waals surface area contributed by atoms with Crippen LogP contribution >= 0.6 is 15.9 Å². The molecule has 0 saturated carbocycles. The van der Waals surface area contributed by atoms with Crippen molar-refractivity contribution in [2.45, 2.75) is 38.8 Å². The molecule has 0 spiro atoms. The van der Waals surface area contributed by atoms with Crippen molar-refractivity contribution in [1.82, 2.24) is 5.32 Å². The average Bonchev–Trinajstić information content (AvgIpc) is 2.60. The molecule has 0 bridgehead atoms. The summed E-state index contributed by atoms with van der Waals surface area (Å²) in [5, 5.41) is 3.75. The summed E-state index contributed by atoms with van der Waals surface area (Å²) >= 11 is 3.51. The molecule has 0 amide bonds. The third-order valence-electron chi connectivity index (χ3n) is 3.81. The lowest BCUT2D eigenvalue weighted by Crippen LogP contribution is -2.40. The number of hydrogen-bond donors (Lipinski definition) is 1. The molecule has 1 aliphatic heterocycles. The molecule has 1 aromatic rings. The van der Waals surface area contributed by atoms with Gasteiger partial charge in [-0.1, -0.05) is 35.8 Å². The fraction of sp³-hybridized carbons (Fsp3) is 0.625. The van der Waals surface area contributed by atoms with E-state index in [9.17, 15) is 0 Å². The Bertz CT molecular complexity index is 436. The first-order valence-electron chi connectivity index (χ1n) is 7.29. The van der Waals surface area contributed by atoms with E-state index in [0.717, 1.165) is 36.3 Å². The van der Waals surface area contributed by atoms with Gasteiger partial charge in [0.2, 0.25) is 0 Å². The molecule has 1 aliphatic rings. The van der Waals surface area contributed by atoms with Gasteiger partial charge in [-0.15, -0.1) is 0 Å². The fourth-order valence-corrected chi connectivity index (χ4v) is 2.93. The molecule has 0 aliphatic carbocycles. The Morgan fingerprint density at radius 3 is 2.95 bits per heavy atom. The zero-order valence-electron chi connectivity index (χ0n) is 12.5. The number of halogens is 1.